The number of carboxylic acids is 1. The van der Waals surface area contributed by atoms with Gasteiger partial charge in [-0.15, -0.1) is 0 Å². The van der Waals surface area contributed by atoms with Crippen LogP contribution in [0.25, 0.3) is 0 Å². The van der Waals surface area contributed by atoms with E-state index in [1.54, 1.807) is 12.3 Å². The van der Waals surface area contributed by atoms with Gasteiger partial charge in [0.15, 0.2) is 5.78 Å². The maximum atomic E-state index is 14.7. The molecule has 2 aliphatic rings. The molecule has 1 aliphatic carbocycles. The number of fused-ring (bicyclic) bond motifs is 1. The molecule has 0 radical (unpaired) electrons. The Bertz CT molecular complexity index is 1760. The van der Waals surface area contributed by atoms with Crippen molar-refractivity contribution in [2.24, 2.45) is 23.5 Å². The molecule has 3 aromatic rings. The van der Waals surface area contributed by atoms with Crippen LogP contribution in [0, 0.1) is 17.8 Å². The molecular weight excluding hydrogens is 704 g/mol. The molecular formula is C41H54N6O8. The van der Waals surface area contributed by atoms with Crippen molar-refractivity contribution in [1.29, 1.82) is 0 Å². The number of nitrogens with zero attached hydrogens (tertiary/aromatic N) is 1. The molecule has 1 aliphatic heterocycles. The van der Waals surface area contributed by atoms with E-state index in [1.165, 1.54) is 18.5 Å². The lowest BCUT2D eigenvalue weighted by atomic mass is 9.76. The van der Waals surface area contributed by atoms with Gasteiger partial charge in [-0.05, 0) is 42.0 Å². The van der Waals surface area contributed by atoms with Gasteiger partial charge in [0.1, 0.15) is 17.8 Å². The van der Waals surface area contributed by atoms with Gasteiger partial charge in [-0.1, -0.05) is 76.3 Å². The molecule has 14 heteroatoms. The standard InChI is InChI=1S/C41H54N6O8/c1-24(2)20-44-40(52)36(42)38(50)31(15-25-9-5-3-6-10-25)37(49)32(19-29-21-43-23-45-29)47-39(51)33(16-26-11-7-4-8-12-26)46-35(48)18-28-22-55-34-14-13-27(41(53)54)17-30(28)34/h4,7-8,11-14,17,21,23-25,28,31-33,36,38,50H,3,5-6,9-10,15-16,18-20,22,42H2,1-2H3,(H,43,45)(H,44,52)(H,46,48)(H,47,51)(H,53,54)/t28?,31-,32+,33+,36?,38+/m1/s1. The Hall–Kier alpha value is -5.08. The fourth-order valence-corrected chi connectivity index (χ4v) is 7.52. The fraction of sp³-hybridized carbons (Fsp3) is 0.512. The zero-order chi connectivity index (χ0) is 39.5. The molecule has 1 fully saturated rings. The fourth-order valence-electron chi connectivity index (χ4n) is 7.52. The summed E-state index contributed by atoms with van der Waals surface area (Å²) in [5.41, 5.74) is 8.34. The van der Waals surface area contributed by atoms with Crippen LogP contribution >= 0.6 is 0 Å². The lowest BCUT2D eigenvalue weighted by Gasteiger charge is -2.33. The van der Waals surface area contributed by atoms with Gasteiger partial charge in [-0.2, -0.15) is 0 Å². The van der Waals surface area contributed by atoms with Crippen LogP contribution in [0.2, 0.25) is 0 Å². The number of ketones is 1. The number of nitrogens with one attached hydrogen (secondary N) is 4. The van der Waals surface area contributed by atoms with Crippen molar-refractivity contribution < 1.29 is 38.9 Å². The molecule has 2 heterocycles. The highest BCUT2D eigenvalue weighted by atomic mass is 16.5. The van der Waals surface area contributed by atoms with Gasteiger partial charge >= 0.3 is 5.97 Å². The Morgan fingerprint density at radius 1 is 0.964 bits per heavy atom. The first-order valence-corrected chi connectivity index (χ1v) is 19.3. The van der Waals surface area contributed by atoms with Gasteiger partial charge in [0, 0.05) is 55.1 Å². The number of rotatable bonds is 19. The smallest absolute Gasteiger partial charge is 0.335 e. The van der Waals surface area contributed by atoms with Crippen molar-refractivity contribution in [2.75, 3.05) is 13.2 Å². The van der Waals surface area contributed by atoms with Crippen molar-refractivity contribution in [1.82, 2.24) is 25.9 Å². The van der Waals surface area contributed by atoms with Crippen LogP contribution in [0.15, 0.2) is 61.1 Å². The van der Waals surface area contributed by atoms with Crippen molar-refractivity contribution in [3.8, 4) is 5.75 Å². The van der Waals surface area contributed by atoms with Crippen molar-refractivity contribution in [3.63, 3.8) is 0 Å². The summed E-state index contributed by atoms with van der Waals surface area (Å²) in [5.74, 6) is -3.90. The number of aromatic amines is 1. The normalized spacial score (nSPS) is 18.2. The number of benzene rings is 2. The molecule has 5 rings (SSSR count). The molecule has 6 atom stereocenters. The summed E-state index contributed by atoms with van der Waals surface area (Å²) in [6, 6.07) is 10.0. The molecule has 14 nitrogen and oxygen atoms in total. The van der Waals surface area contributed by atoms with Gasteiger partial charge in [-0.3, -0.25) is 19.2 Å². The molecule has 8 N–H and O–H groups in total. The summed E-state index contributed by atoms with van der Waals surface area (Å²) in [6.07, 6.45) is 6.69. The van der Waals surface area contributed by atoms with E-state index in [-0.39, 0.29) is 43.3 Å². The van der Waals surface area contributed by atoms with E-state index in [2.05, 4.69) is 25.9 Å². The monoisotopic (exact) mass is 758 g/mol. The molecule has 0 bridgehead atoms. The summed E-state index contributed by atoms with van der Waals surface area (Å²) in [5, 5.41) is 29.7. The topological polar surface area (TPSA) is 226 Å². The minimum absolute atomic E-state index is 0.0152. The molecule has 55 heavy (non-hydrogen) atoms. The number of carbonyl (C=O) groups excluding carboxylic acids is 4. The number of carboxylic acid groups (broad SMARTS) is 1. The number of Topliss-reactive ketones (excluding diaryl/α,β-unsaturated/α-hetero) is 1. The summed E-state index contributed by atoms with van der Waals surface area (Å²) >= 11 is 0. The van der Waals surface area contributed by atoms with Gasteiger partial charge in [-0.25, -0.2) is 9.78 Å². The van der Waals surface area contributed by atoms with Crippen molar-refractivity contribution in [2.45, 2.75) is 102 Å². The number of nitrogens with two attached hydrogens (primary N) is 1. The first-order valence-electron chi connectivity index (χ1n) is 19.3. The zero-order valence-electron chi connectivity index (χ0n) is 31.5. The van der Waals surface area contributed by atoms with Crippen LogP contribution in [-0.4, -0.2) is 87.0 Å². The number of hydrogen-bond acceptors (Lipinski definition) is 9. The number of aliphatic hydroxyl groups is 1. The number of imidazole rings is 1. The second-order valence-corrected chi connectivity index (χ2v) is 15.3. The minimum atomic E-state index is -1.51. The van der Waals surface area contributed by atoms with Crippen molar-refractivity contribution >= 4 is 29.5 Å². The average Bonchev–Trinajstić information content (AvgIpc) is 3.85. The van der Waals surface area contributed by atoms with Gasteiger partial charge in [0.05, 0.1) is 30.6 Å². The third-order valence-electron chi connectivity index (χ3n) is 10.6. The van der Waals surface area contributed by atoms with Crippen molar-refractivity contribution in [3.05, 3.63) is 83.4 Å². The van der Waals surface area contributed by atoms with Crippen LogP contribution < -0.4 is 26.4 Å². The Labute approximate surface area is 321 Å². The van der Waals surface area contributed by atoms with Crippen LogP contribution in [-0.2, 0) is 32.0 Å². The summed E-state index contributed by atoms with van der Waals surface area (Å²) in [4.78, 5) is 74.4. The number of carbonyl (C=O) groups is 5. The first-order chi connectivity index (χ1) is 26.4. The SMILES string of the molecule is CC(C)CNC(=O)C(N)[C@@H](O)[C@H](CC1CCCCC1)C(=O)[C@H](Cc1cnc[nH]1)NC(=O)[C@H](Cc1ccccc1)NC(=O)CC1COc2ccc(C(=O)O)cc21. The van der Waals surface area contributed by atoms with E-state index in [9.17, 15) is 34.2 Å². The second-order valence-electron chi connectivity index (χ2n) is 15.3. The molecule has 1 saturated carbocycles. The van der Waals surface area contributed by atoms with E-state index in [0.717, 1.165) is 37.7 Å². The summed E-state index contributed by atoms with van der Waals surface area (Å²) in [7, 11) is 0. The zero-order valence-corrected chi connectivity index (χ0v) is 31.5. The van der Waals surface area contributed by atoms with E-state index in [0.29, 0.717) is 30.0 Å². The molecule has 0 spiro atoms. The Kier molecular flexibility index (Phi) is 14.6. The number of aromatic nitrogens is 2. The highest BCUT2D eigenvalue weighted by Crippen LogP contribution is 2.37. The molecule has 3 amide bonds. The number of aliphatic hydroxyl groups excluding tert-OH is 1. The quantitative estimate of drug-likeness (QED) is 0.0946. The average molecular weight is 759 g/mol. The van der Waals surface area contributed by atoms with E-state index < -0.39 is 65.5 Å². The first kappa shape index (κ1) is 41.1. The number of aromatic carboxylic acids is 1. The van der Waals surface area contributed by atoms with Crippen LogP contribution in [0.1, 0.15) is 91.9 Å². The second kappa shape index (κ2) is 19.5. The molecule has 2 unspecified atom stereocenters. The highest BCUT2D eigenvalue weighted by Gasteiger charge is 2.40. The third-order valence-corrected chi connectivity index (χ3v) is 10.6. The minimum Gasteiger partial charge on any atom is -0.493 e. The lowest BCUT2D eigenvalue weighted by molar-refractivity contribution is -0.136. The summed E-state index contributed by atoms with van der Waals surface area (Å²) in [6.45, 7) is 4.40. The molecule has 0 saturated heterocycles. The largest absolute Gasteiger partial charge is 0.493 e. The Balaban J connectivity index is 1.39. The maximum absolute atomic E-state index is 14.7. The third kappa shape index (κ3) is 11.5. The number of amides is 3. The summed E-state index contributed by atoms with van der Waals surface area (Å²) < 4.78 is 5.72. The van der Waals surface area contributed by atoms with E-state index in [4.69, 9.17) is 10.5 Å². The van der Waals surface area contributed by atoms with Crippen LogP contribution in [0.5, 0.6) is 5.75 Å². The van der Waals surface area contributed by atoms with Crippen LogP contribution in [0.4, 0.5) is 0 Å². The number of hydrogen-bond donors (Lipinski definition) is 7. The predicted octanol–water partition coefficient (Wildman–Crippen LogP) is 3.05. The van der Waals surface area contributed by atoms with Gasteiger partial charge < -0.3 is 41.6 Å². The predicted molar refractivity (Wildman–Crippen MR) is 204 cm³/mol. The van der Waals surface area contributed by atoms with E-state index in [1.807, 2.05) is 44.2 Å². The molecule has 2 aromatic carbocycles. The lowest BCUT2D eigenvalue weighted by Crippen LogP contribution is -2.58. The Morgan fingerprint density at radius 2 is 1.71 bits per heavy atom. The maximum Gasteiger partial charge on any atom is 0.335 e. The Morgan fingerprint density at radius 3 is 2.38 bits per heavy atom. The van der Waals surface area contributed by atoms with Crippen LogP contribution in [0.3, 0.4) is 0 Å². The van der Waals surface area contributed by atoms with Gasteiger partial charge in [0.25, 0.3) is 0 Å². The highest BCUT2D eigenvalue weighted by molar-refractivity contribution is 5.95. The molecule has 1 aromatic heterocycles. The van der Waals surface area contributed by atoms with Gasteiger partial charge in [0.2, 0.25) is 17.7 Å². The van der Waals surface area contributed by atoms with E-state index >= 15 is 0 Å². The number of ether oxygens (including phenoxy) is 1. The molecule has 296 valence electrons. The number of H-pyrrole nitrogens is 1.